The van der Waals surface area contributed by atoms with Crippen molar-refractivity contribution in [3.63, 3.8) is 0 Å². The van der Waals surface area contributed by atoms with Crippen molar-refractivity contribution in [3.8, 4) is 0 Å². The van der Waals surface area contributed by atoms with Crippen LogP contribution in [0.5, 0.6) is 0 Å². The molecule has 0 amide bonds. The lowest BCUT2D eigenvalue weighted by atomic mass is 10.1. The zero-order valence-corrected chi connectivity index (χ0v) is 11.3. The zero-order chi connectivity index (χ0) is 13.1. The second-order valence-electron chi connectivity index (χ2n) is 4.49. The number of aryl methyl sites for hydroxylation is 1. The monoisotopic (exact) mass is 244 g/mol. The molecule has 0 radical (unpaired) electrons. The van der Waals surface area contributed by atoms with E-state index in [-0.39, 0.29) is 0 Å². The van der Waals surface area contributed by atoms with Crippen molar-refractivity contribution < 1.29 is 0 Å². The lowest BCUT2D eigenvalue weighted by Crippen LogP contribution is -1.85. The van der Waals surface area contributed by atoms with E-state index >= 15 is 0 Å². The standard InChI is InChI=1S/C16H24N2/c1-2-3-4-5-6-8-15-9-11-16(12-10-15)18-14-7-13-17/h7,9-14H,2-6,8,17H2,1H3. The number of nitrogens with zero attached hydrogens (tertiary/aromatic N) is 1. The maximum atomic E-state index is 5.23. The van der Waals surface area contributed by atoms with Gasteiger partial charge in [-0.05, 0) is 42.8 Å². The van der Waals surface area contributed by atoms with Gasteiger partial charge in [0, 0.05) is 6.21 Å². The van der Waals surface area contributed by atoms with Crippen molar-refractivity contribution in [2.45, 2.75) is 45.4 Å². The largest absolute Gasteiger partial charge is 0.405 e. The normalized spacial score (nSPS) is 11.6. The smallest absolute Gasteiger partial charge is 0.0629 e. The van der Waals surface area contributed by atoms with Gasteiger partial charge in [-0.3, -0.25) is 4.99 Å². The summed E-state index contributed by atoms with van der Waals surface area (Å²) in [6, 6.07) is 8.45. The number of hydrogen-bond acceptors (Lipinski definition) is 2. The van der Waals surface area contributed by atoms with Gasteiger partial charge in [-0.15, -0.1) is 0 Å². The average molecular weight is 244 g/mol. The highest BCUT2D eigenvalue weighted by atomic mass is 14.7. The quantitative estimate of drug-likeness (QED) is 0.535. The molecule has 0 fully saturated rings. The summed E-state index contributed by atoms with van der Waals surface area (Å²) in [4.78, 5) is 4.27. The van der Waals surface area contributed by atoms with Crippen molar-refractivity contribution in [3.05, 3.63) is 42.1 Å². The Morgan fingerprint density at radius 1 is 1.06 bits per heavy atom. The van der Waals surface area contributed by atoms with Crippen LogP contribution in [0, 0.1) is 0 Å². The third-order valence-electron chi connectivity index (χ3n) is 2.93. The van der Waals surface area contributed by atoms with Gasteiger partial charge in [-0.25, -0.2) is 0 Å². The third-order valence-corrected chi connectivity index (χ3v) is 2.93. The summed E-state index contributed by atoms with van der Waals surface area (Å²) in [5, 5.41) is 0. The SMILES string of the molecule is CCCCCCCc1ccc(N=CC=CN)cc1. The fraction of sp³-hybridized carbons (Fsp3) is 0.438. The predicted molar refractivity (Wildman–Crippen MR) is 80.4 cm³/mol. The molecule has 0 bridgehead atoms. The molecule has 0 saturated heterocycles. The summed E-state index contributed by atoms with van der Waals surface area (Å²) in [5.41, 5.74) is 7.61. The van der Waals surface area contributed by atoms with Crippen LogP contribution in [0.2, 0.25) is 0 Å². The van der Waals surface area contributed by atoms with Gasteiger partial charge in [0.05, 0.1) is 5.69 Å². The topological polar surface area (TPSA) is 38.4 Å². The van der Waals surface area contributed by atoms with Crippen molar-refractivity contribution in [2.75, 3.05) is 0 Å². The molecule has 0 aliphatic heterocycles. The van der Waals surface area contributed by atoms with Crippen LogP contribution in [0.3, 0.4) is 0 Å². The summed E-state index contributed by atoms with van der Waals surface area (Å²) >= 11 is 0. The van der Waals surface area contributed by atoms with E-state index in [1.54, 1.807) is 12.3 Å². The van der Waals surface area contributed by atoms with Crippen LogP contribution in [0.1, 0.15) is 44.6 Å². The Morgan fingerprint density at radius 2 is 1.78 bits per heavy atom. The molecular weight excluding hydrogens is 220 g/mol. The number of rotatable bonds is 8. The second kappa shape index (κ2) is 9.46. The van der Waals surface area contributed by atoms with Gasteiger partial charge in [-0.1, -0.05) is 44.7 Å². The van der Waals surface area contributed by atoms with Crippen LogP contribution in [0.25, 0.3) is 0 Å². The lowest BCUT2D eigenvalue weighted by molar-refractivity contribution is 0.632. The summed E-state index contributed by atoms with van der Waals surface area (Å²) in [6.07, 6.45) is 12.8. The molecule has 0 spiro atoms. The minimum Gasteiger partial charge on any atom is -0.405 e. The molecule has 0 unspecified atom stereocenters. The van der Waals surface area contributed by atoms with Crippen molar-refractivity contribution in [1.29, 1.82) is 0 Å². The van der Waals surface area contributed by atoms with Gasteiger partial charge < -0.3 is 5.73 Å². The maximum Gasteiger partial charge on any atom is 0.0629 e. The molecule has 0 aromatic heterocycles. The zero-order valence-electron chi connectivity index (χ0n) is 11.3. The van der Waals surface area contributed by atoms with E-state index in [1.807, 2.05) is 0 Å². The first-order chi connectivity index (χ1) is 8.86. The van der Waals surface area contributed by atoms with E-state index in [0.29, 0.717) is 0 Å². The van der Waals surface area contributed by atoms with E-state index in [1.165, 1.54) is 50.3 Å². The highest BCUT2D eigenvalue weighted by molar-refractivity contribution is 5.74. The molecule has 1 aromatic rings. The Labute approximate surface area is 111 Å². The Bertz CT molecular complexity index is 363. The minimum absolute atomic E-state index is 0.975. The van der Waals surface area contributed by atoms with Gasteiger partial charge in [0.25, 0.3) is 0 Å². The van der Waals surface area contributed by atoms with Crippen molar-refractivity contribution in [2.24, 2.45) is 10.7 Å². The maximum absolute atomic E-state index is 5.23. The van der Waals surface area contributed by atoms with Crippen LogP contribution >= 0.6 is 0 Å². The fourth-order valence-electron chi connectivity index (χ4n) is 1.86. The van der Waals surface area contributed by atoms with Crippen LogP contribution in [-0.2, 0) is 6.42 Å². The molecular formula is C16H24N2. The molecule has 1 aromatic carbocycles. The molecule has 98 valence electrons. The molecule has 0 aliphatic rings. The first-order valence-corrected chi connectivity index (χ1v) is 6.86. The Balaban J connectivity index is 2.31. The van der Waals surface area contributed by atoms with E-state index in [0.717, 1.165) is 5.69 Å². The summed E-state index contributed by atoms with van der Waals surface area (Å²) < 4.78 is 0. The number of benzene rings is 1. The van der Waals surface area contributed by atoms with Gasteiger partial charge in [0.15, 0.2) is 0 Å². The number of hydrogen-bond donors (Lipinski definition) is 1. The molecule has 1 rings (SSSR count). The highest BCUT2D eigenvalue weighted by Gasteiger charge is 1.94. The van der Waals surface area contributed by atoms with Crippen molar-refractivity contribution >= 4 is 11.9 Å². The van der Waals surface area contributed by atoms with Crippen LogP contribution < -0.4 is 5.73 Å². The number of nitrogens with two attached hydrogens (primary N) is 1. The van der Waals surface area contributed by atoms with Gasteiger partial charge in [0.2, 0.25) is 0 Å². The van der Waals surface area contributed by atoms with Crippen molar-refractivity contribution in [1.82, 2.24) is 0 Å². The van der Waals surface area contributed by atoms with Crippen LogP contribution in [0.4, 0.5) is 5.69 Å². The molecule has 0 saturated carbocycles. The third kappa shape index (κ3) is 6.24. The molecule has 0 atom stereocenters. The molecule has 2 nitrogen and oxygen atoms in total. The first-order valence-electron chi connectivity index (χ1n) is 6.86. The Kier molecular flexibility index (Phi) is 7.61. The van der Waals surface area contributed by atoms with E-state index in [9.17, 15) is 0 Å². The van der Waals surface area contributed by atoms with Crippen LogP contribution in [0.15, 0.2) is 41.5 Å². The number of aliphatic imine (C=N–C) groups is 1. The molecule has 0 aliphatic carbocycles. The molecule has 2 N–H and O–H groups in total. The Hall–Kier alpha value is -1.57. The summed E-state index contributed by atoms with van der Waals surface area (Å²) in [6.45, 7) is 2.25. The molecule has 2 heteroatoms. The lowest BCUT2D eigenvalue weighted by Gasteiger charge is -2.02. The minimum atomic E-state index is 0.975. The fourth-order valence-corrected chi connectivity index (χ4v) is 1.86. The average Bonchev–Trinajstić information content (AvgIpc) is 2.40. The van der Waals surface area contributed by atoms with Gasteiger partial charge >= 0.3 is 0 Å². The van der Waals surface area contributed by atoms with Crippen LogP contribution in [-0.4, -0.2) is 6.21 Å². The van der Waals surface area contributed by atoms with E-state index in [2.05, 4.69) is 36.2 Å². The van der Waals surface area contributed by atoms with Gasteiger partial charge in [-0.2, -0.15) is 0 Å². The second-order valence-corrected chi connectivity index (χ2v) is 4.49. The number of allylic oxidation sites excluding steroid dienone is 1. The molecule has 0 heterocycles. The van der Waals surface area contributed by atoms with E-state index in [4.69, 9.17) is 5.73 Å². The predicted octanol–water partition coefficient (Wildman–Crippen LogP) is 4.37. The Morgan fingerprint density at radius 3 is 2.44 bits per heavy atom. The molecule has 18 heavy (non-hydrogen) atoms. The number of unbranched alkanes of at least 4 members (excludes halogenated alkanes) is 4. The van der Waals surface area contributed by atoms with E-state index < -0.39 is 0 Å². The van der Waals surface area contributed by atoms with Gasteiger partial charge in [0.1, 0.15) is 0 Å². The summed E-state index contributed by atoms with van der Waals surface area (Å²) in [7, 11) is 0. The first kappa shape index (κ1) is 14.5. The highest BCUT2D eigenvalue weighted by Crippen LogP contribution is 2.15. The summed E-state index contributed by atoms with van der Waals surface area (Å²) in [5.74, 6) is 0.